The summed E-state index contributed by atoms with van der Waals surface area (Å²) < 4.78 is 6.49. The van der Waals surface area contributed by atoms with Gasteiger partial charge in [0.2, 0.25) is 5.89 Å². The lowest BCUT2D eigenvalue weighted by atomic mass is 10.2. The number of halogens is 1. The summed E-state index contributed by atoms with van der Waals surface area (Å²) in [7, 11) is 0. The van der Waals surface area contributed by atoms with Crippen molar-refractivity contribution in [3.05, 3.63) is 32.5 Å². The SMILES string of the molecule is Cc1noc(C(C)N2CCN(Cc3ccc(Br)s3)CC2)n1. The Kier molecular flexibility index (Phi) is 4.73. The zero-order valence-corrected chi connectivity index (χ0v) is 14.7. The van der Waals surface area contributed by atoms with Gasteiger partial charge in [-0.3, -0.25) is 9.80 Å². The Morgan fingerprint density at radius 3 is 2.67 bits per heavy atom. The normalized spacial score (nSPS) is 19.0. The first-order valence-electron chi connectivity index (χ1n) is 7.12. The van der Waals surface area contributed by atoms with Crippen LogP contribution in [0.1, 0.15) is 29.6 Å². The fourth-order valence-corrected chi connectivity index (χ4v) is 4.13. The first kappa shape index (κ1) is 15.1. The van der Waals surface area contributed by atoms with Gasteiger partial charge in [0.15, 0.2) is 5.82 Å². The van der Waals surface area contributed by atoms with Crippen LogP contribution >= 0.6 is 27.3 Å². The second-order valence-corrected chi connectivity index (χ2v) is 7.92. The summed E-state index contributed by atoms with van der Waals surface area (Å²) in [6.45, 7) is 9.26. The second-order valence-electron chi connectivity index (χ2n) is 5.37. The highest BCUT2D eigenvalue weighted by Crippen LogP contribution is 2.25. The number of hydrogen-bond donors (Lipinski definition) is 0. The largest absolute Gasteiger partial charge is 0.338 e. The molecule has 0 amide bonds. The zero-order valence-electron chi connectivity index (χ0n) is 12.3. The van der Waals surface area contributed by atoms with E-state index in [4.69, 9.17) is 4.52 Å². The van der Waals surface area contributed by atoms with Crippen molar-refractivity contribution >= 4 is 27.3 Å². The number of nitrogens with zero attached hydrogens (tertiary/aromatic N) is 4. The zero-order chi connectivity index (χ0) is 14.8. The van der Waals surface area contributed by atoms with Crippen LogP contribution in [-0.4, -0.2) is 46.1 Å². The molecule has 1 fully saturated rings. The van der Waals surface area contributed by atoms with Crippen LogP contribution in [0.25, 0.3) is 0 Å². The van der Waals surface area contributed by atoms with Gasteiger partial charge in [0, 0.05) is 37.6 Å². The van der Waals surface area contributed by atoms with Crippen molar-refractivity contribution in [3.8, 4) is 0 Å². The summed E-state index contributed by atoms with van der Waals surface area (Å²) in [5.74, 6) is 1.43. The molecule has 1 atom stereocenters. The molecule has 114 valence electrons. The topological polar surface area (TPSA) is 45.4 Å². The van der Waals surface area contributed by atoms with E-state index in [2.05, 4.69) is 54.9 Å². The molecule has 0 N–H and O–H groups in total. The number of piperazine rings is 1. The third-order valence-corrected chi connectivity index (χ3v) is 5.47. The summed E-state index contributed by atoms with van der Waals surface area (Å²) in [4.78, 5) is 10.7. The van der Waals surface area contributed by atoms with Gasteiger partial charge >= 0.3 is 0 Å². The molecule has 1 aliphatic heterocycles. The Morgan fingerprint density at radius 2 is 2.10 bits per heavy atom. The van der Waals surface area contributed by atoms with Gasteiger partial charge < -0.3 is 4.52 Å². The molecule has 21 heavy (non-hydrogen) atoms. The first-order valence-corrected chi connectivity index (χ1v) is 8.73. The fourth-order valence-electron chi connectivity index (χ4n) is 2.60. The molecular formula is C14H19BrN4OS. The molecule has 0 radical (unpaired) electrons. The van der Waals surface area contributed by atoms with Crippen molar-refractivity contribution in [2.45, 2.75) is 26.4 Å². The number of thiophene rings is 1. The van der Waals surface area contributed by atoms with Crippen molar-refractivity contribution in [1.82, 2.24) is 19.9 Å². The number of hydrogen-bond acceptors (Lipinski definition) is 6. The molecule has 1 unspecified atom stereocenters. The standard InChI is InChI=1S/C14H19BrN4OS/c1-10(14-16-11(2)17-20-14)19-7-5-18(6-8-19)9-12-3-4-13(15)21-12/h3-4,10H,5-9H2,1-2H3. The molecule has 3 heterocycles. The van der Waals surface area contributed by atoms with E-state index in [1.807, 2.05) is 18.3 Å². The predicted octanol–water partition coefficient (Wildman–Crippen LogP) is 3.08. The minimum atomic E-state index is 0.198. The Hall–Kier alpha value is -0.760. The Morgan fingerprint density at radius 1 is 1.33 bits per heavy atom. The highest BCUT2D eigenvalue weighted by molar-refractivity contribution is 9.11. The summed E-state index contributed by atoms with van der Waals surface area (Å²) in [6, 6.07) is 4.52. The predicted molar refractivity (Wildman–Crippen MR) is 86.3 cm³/mol. The van der Waals surface area contributed by atoms with Crippen LogP contribution in [0.5, 0.6) is 0 Å². The maximum absolute atomic E-state index is 5.28. The average Bonchev–Trinajstić information content (AvgIpc) is 3.08. The van der Waals surface area contributed by atoms with Crippen molar-refractivity contribution in [1.29, 1.82) is 0 Å². The van der Waals surface area contributed by atoms with E-state index in [1.54, 1.807) is 0 Å². The van der Waals surface area contributed by atoms with Crippen LogP contribution in [0.4, 0.5) is 0 Å². The lowest BCUT2D eigenvalue weighted by Crippen LogP contribution is -2.46. The third-order valence-electron chi connectivity index (χ3n) is 3.86. The Balaban J connectivity index is 1.52. The molecule has 2 aromatic heterocycles. The van der Waals surface area contributed by atoms with Gasteiger partial charge in [-0.1, -0.05) is 5.16 Å². The van der Waals surface area contributed by atoms with Gasteiger partial charge in [-0.25, -0.2) is 0 Å². The van der Waals surface area contributed by atoms with E-state index in [-0.39, 0.29) is 6.04 Å². The van der Waals surface area contributed by atoms with Crippen LogP contribution in [-0.2, 0) is 6.54 Å². The number of aromatic nitrogens is 2. The third kappa shape index (κ3) is 3.71. The van der Waals surface area contributed by atoms with Gasteiger partial charge in [0.25, 0.3) is 0 Å². The molecule has 1 aliphatic rings. The molecule has 5 nitrogen and oxygen atoms in total. The summed E-state index contributed by atoms with van der Waals surface area (Å²) in [5.41, 5.74) is 0. The maximum Gasteiger partial charge on any atom is 0.243 e. The van der Waals surface area contributed by atoms with E-state index >= 15 is 0 Å². The van der Waals surface area contributed by atoms with Crippen LogP contribution in [0.15, 0.2) is 20.4 Å². The van der Waals surface area contributed by atoms with E-state index < -0.39 is 0 Å². The van der Waals surface area contributed by atoms with Crippen molar-refractivity contribution < 1.29 is 4.52 Å². The lowest BCUT2D eigenvalue weighted by Gasteiger charge is -2.36. The van der Waals surface area contributed by atoms with E-state index in [0.29, 0.717) is 5.82 Å². The van der Waals surface area contributed by atoms with Gasteiger partial charge in [-0.2, -0.15) is 4.98 Å². The van der Waals surface area contributed by atoms with Gasteiger partial charge in [0.05, 0.1) is 9.83 Å². The molecule has 1 saturated heterocycles. The van der Waals surface area contributed by atoms with Gasteiger partial charge in [-0.15, -0.1) is 11.3 Å². The molecule has 7 heteroatoms. The minimum absolute atomic E-state index is 0.198. The summed E-state index contributed by atoms with van der Waals surface area (Å²) >= 11 is 5.34. The van der Waals surface area contributed by atoms with E-state index in [0.717, 1.165) is 38.6 Å². The molecule has 0 aromatic carbocycles. The first-order chi connectivity index (χ1) is 10.1. The van der Waals surface area contributed by atoms with Crippen LogP contribution in [0.2, 0.25) is 0 Å². The fraction of sp³-hybridized carbons (Fsp3) is 0.571. The average molecular weight is 371 g/mol. The number of rotatable bonds is 4. The quantitative estimate of drug-likeness (QED) is 0.827. The second kappa shape index (κ2) is 6.56. The van der Waals surface area contributed by atoms with Crippen molar-refractivity contribution in [2.24, 2.45) is 0 Å². The van der Waals surface area contributed by atoms with Crippen LogP contribution < -0.4 is 0 Å². The number of aryl methyl sites for hydroxylation is 1. The molecule has 0 aliphatic carbocycles. The van der Waals surface area contributed by atoms with Crippen LogP contribution in [0.3, 0.4) is 0 Å². The molecular weight excluding hydrogens is 352 g/mol. The van der Waals surface area contributed by atoms with Crippen molar-refractivity contribution in [2.75, 3.05) is 26.2 Å². The lowest BCUT2D eigenvalue weighted by molar-refractivity contribution is 0.0850. The monoisotopic (exact) mass is 370 g/mol. The van der Waals surface area contributed by atoms with Crippen molar-refractivity contribution in [3.63, 3.8) is 0 Å². The van der Waals surface area contributed by atoms with Crippen LogP contribution in [0, 0.1) is 6.92 Å². The van der Waals surface area contributed by atoms with Gasteiger partial charge in [0.1, 0.15) is 0 Å². The molecule has 0 saturated carbocycles. The molecule has 0 bridgehead atoms. The summed E-state index contributed by atoms with van der Waals surface area (Å²) in [6.07, 6.45) is 0. The maximum atomic E-state index is 5.28. The molecule has 3 rings (SSSR count). The smallest absolute Gasteiger partial charge is 0.243 e. The Bertz CT molecular complexity index is 591. The minimum Gasteiger partial charge on any atom is -0.338 e. The van der Waals surface area contributed by atoms with E-state index in [9.17, 15) is 0 Å². The highest BCUT2D eigenvalue weighted by atomic mass is 79.9. The molecule has 0 spiro atoms. The Labute approximate surface area is 137 Å². The van der Waals surface area contributed by atoms with Gasteiger partial charge in [-0.05, 0) is 41.9 Å². The highest BCUT2D eigenvalue weighted by Gasteiger charge is 2.25. The van der Waals surface area contributed by atoms with E-state index in [1.165, 1.54) is 8.66 Å². The molecule has 2 aromatic rings. The summed E-state index contributed by atoms with van der Waals surface area (Å²) in [5, 5.41) is 3.88.